The molecule has 142 valence electrons. The van der Waals surface area contributed by atoms with E-state index in [9.17, 15) is 14.9 Å². The molecule has 0 saturated heterocycles. The lowest BCUT2D eigenvalue weighted by atomic mass is 10.2. The molecule has 0 N–H and O–H groups in total. The maximum Gasteiger partial charge on any atom is 0.315 e. The fourth-order valence-electron chi connectivity index (χ4n) is 2.89. The highest BCUT2D eigenvalue weighted by Gasteiger charge is 2.15. The number of amides is 1. The number of nitro benzene ring substituents is 1. The van der Waals surface area contributed by atoms with Gasteiger partial charge in [-0.3, -0.25) is 14.9 Å². The van der Waals surface area contributed by atoms with Crippen molar-refractivity contribution < 1.29 is 14.1 Å². The van der Waals surface area contributed by atoms with Gasteiger partial charge in [-0.2, -0.15) is 16.8 Å². The van der Waals surface area contributed by atoms with Crippen molar-refractivity contribution >= 4 is 55.9 Å². The number of non-ortho nitro benzene ring substituents is 1. The highest BCUT2D eigenvalue weighted by atomic mass is 32.2. The molecule has 0 bridgehead atoms. The molecule has 0 fully saturated rings. The van der Waals surface area contributed by atoms with Crippen LogP contribution in [0, 0.1) is 10.1 Å². The minimum atomic E-state index is -0.477. The summed E-state index contributed by atoms with van der Waals surface area (Å²) >= 11 is 2.93. The van der Waals surface area contributed by atoms with Crippen LogP contribution in [0.25, 0.3) is 21.2 Å². The van der Waals surface area contributed by atoms with Gasteiger partial charge in [-0.05, 0) is 24.5 Å². The molecule has 0 unspecified atom stereocenters. The number of para-hydroxylation sites is 1. The standard InChI is InChI=1S/C19H15N3O4S2/c1-27-9-8-21-14-7-6-13(22(24)25)11-17(14)28-19(21)20-18(23)16-10-12-4-2-3-5-15(12)26-16/h2-7,10-11H,8-9H2,1H3. The van der Waals surface area contributed by atoms with Crippen LogP contribution in [-0.2, 0) is 6.54 Å². The Labute approximate surface area is 167 Å². The Kier molecular flexibility index (Phi) is 5.01. The summed E-state index contributed by atoms with van der Waals surface area (Å²) in [4.78, 5) is 28.1. The third kappa shape index (κ3) is 3.46. The van der Waals surface area contributed by atoms with Gasteiger partial charge in [0.05, 0.1) is 15.1 Å². The van der Waals surface area contributed by atoms with Gasteiger partial charge in [0, 0.05) is 29.8 Å². The third-order valence-electron chi connectivity index (χ3n) is 4.23. The Balaban J connectivity index is 1.82. The maximum absolute atomic E-state index is 12.7. The minimum Gasteiger partial charge on any atom is -0.451 e. The van der Waals surface area contributed by atoms with E-state index in [0.29, 0.717) is 21.6 Å². The van der Waals surface area contributed by atoms with Crippen molar-refractivity contribution in [3.05, 3.63) is 69.2 Å². The zero-order valence-electron chi connectivity index (χ0n) is 14.8. The van der Waals surface area contributed by atoms with Gasteiger partial charge in [0.1, 0.15) is 5.58 Å². The first kappa shape index (κ1) is 18.5. The largest absolute Gasteiger partial charge is 0.451 e. The number of aromatic nitrogens is 1. The molecule has 2 aromatic heterocycles. The van der Waals surface area contributed by atoms with E-state index in [1.165, 1.54) is 23.5 Å². The summed E-state index contributed by atoms with van der Waals surface area (Å²) in [6.45, 7) is 0.644. The smallest absolute Gasteiger partial charge is 0.315 e. The van der Waals surface area contributed by atoms with Gasteiger partial charge in [0.15, 0.2) is 10.6 Å². The van der Waals surface area contributed by atoms with Crippen LogP contribution in [0.3, 0.4) is 0 Å². The normalized spacial score (nSPS) is 12.1. The summed E-state index contributed by atoms with van der Waals surface area (Å²) in [7, 11) is 0. The molecule has 2 heterocycles. The average Bonchev–Trinajstić information content (AvgIpc) is 3.27. The number of carbonyl (C=O) groups is 1. The van der Waals surface area contributed by atoms with Crippen LogP contribution in [0.15, 0.2) is 57.9 Å². The Bertz CT molecular complexity index is 1240. The van der Waals surface area contributed by atoms with Crippen LogP contribution in [0.1, 0.15) is 10.6 Å². The number of fused-ring (bicyclic) bond motifs is 2. The molecule has 0 spiro atoms. The number of carbonyl (C=O) groups excluding carboxylic acids is 1. The first-order valence-electron chi connectivity index (χ1n) is 8.41. The van der Waals surface area contributed by atoms with Gasteiger partial charge in [-0.1, -0.05) is 29.5 Å². The second kappa shape index (κ2) is 7.61. The van der Waals surface area contributed by atoms with E-state index in [4.69, 9.17) is 4.42 Å². The number of thiazole rings is 1. The van der Waals surface area contributed by atoms with E-state index in [2.05, 4.69) is 4.99 Å². The van der Waals surface area contributed by atoms with Crippen molar-refractivity contribution in [3.63, 3.8) is 0 Å². The van der Waals surface area contributed by atoms with Gasteiger partial charge >= 0.3 is 5.91 Å². The van der Waals surface area contributed by atoms with Crippen LogP contribution < -0.4 is 4.80 Å². The lowest BCUT2D eigenvalue weighted by Crippen LogP contribution is -2.18. The fourth-order valence-corrected chi connectivity index (χ4v) is 4.34. The summed E-state index contributed by atoms with van der Waals surface area (Å²) in [6.07, 6.45) is 2.00. The van der Waals surface area contributed by atoms with E-state index in [0.717, 1.165) is 16.7 Å². The van der Waals surface area contributed by atoms with Gasteiger partial charge < -0.3 is 8.98 Å². The van der Waals surface area contributed by atoms with E-state index in [-0.39, 0.29) is 11.4 Å². The van der Waals surface area contributed by atoms with Crippen LogP contribution in [-0.4, -0.2) is 27.4 Å². The average molecular weight is 413 g/mol. The zero-order valence-corrected chi connectivity index (χ0v) is 16.5. The van der Waals surface area contributed by atoms with Gasteiger partial charge in [0.25, 0.3) is 5.69 Å². The van der Waals surface area contributed by atoms with Crippen LogP contribution in [0.5, 0.6) is 0 Å². The molecule has 0 saturated carbocycles. The molecule has 9 heteroatoms. The highest BCUT2D eigenvalue weighted by molar-refractivity contribution is 7.98. The van der Waals surface area contributed by atoms with E-state index in [1.807, 2.05) is 29.0 Å². The van der Waals surface area contributed by atoms with Crippen molar-refractivity contribution in [1.29, 1.82) is 0 Å². The predicted molar refractivity (Wildman–Crippen MR) is 111 cm³/mol. The Hall–Kier alpha value is -2.91. The van der Waals surface area contributed by atoms with Crippen molar-refractivity contribution in [2.45, 2.75) is 6.54 Å². The molecule has 0 aliphatic carbocycles. The number of nitro groups is 1. The van der Waals surface area contributed by atoms with Crippen molar-refractivity contribution in [2.24, 2.45) is 4.99 Å². The monoisotopic (exact) mass is 413 g/mol. The summed E-state index contributed by atoms with van der Waals surface area (Å²) < 4.78 is 8.24. The number of furan rings is 1. The second-order valence-electron chi connectivity index (χ2n) is 6.00. The van der Waals surface area contributed by atoms with Crippen LogP contribution in [0.4, 0.5) is 5.69 Å². The second-order valence-corrected chi connectivity index (χ2v) is 8.00. The lowest BCUT2D eigenvalue weighted by Gasteiger charge is -2.03. The molecule has 0 aliphatic rings. The van der Waals surface area contributed by atoms with Crippen LogP contribution >= 0.6 is 23.1 Å². The molecule has 4 rings (SSSR count). The lowest BCUT2D eigenvalue weighted by molar-refractivity contribution is -0.384. The maximum atomic E-state index is 12.7. The fraction of sp³-hybridized carbons (Fsp3) is 0.158. The number of hydrogen-bond acceptors (Lipinski definition) is 6. The zero-order chi connectivity index (χ0) is 19.7. The summed E-state index contributed by atoms with van der Waals surface area (Å²) in [6, 6.07) is 13.7. The molecule has 0 atom stereocenters. The Morgan fingerprint density at radius 1 is 1.29 bits per heavy atom. The van der Waals surface area contributed by atoms with E-state index >= 15 is 0 Å². The molecular formula is C19H15N3O4S2. The minimum absolute atomic E-state index is 0.0147. The number of benzene rings is 2. The number of thioether (sulfide) groups is 1. The van der Waals surface area contributed by atoms with Gasteiger partial charge in [-0.25, -0.2) is 0 Å². The van der Waals surface area contributed by atoms with Crippen LogP contribution in [0.2, 0.25) is 0 Å². The molecular weight excluding hydrogens is 398 g/mol. The first-order chi connectivity index (χ1) is 13.6. The van der Waals surface area contributed by atoms with Gasteiger partial charge in [0.2, 0.25) is 0 Å². The molecule has 7 nitrogen and oxygen atoms in total. The molecule has 0 aliphatic heterocycles. The Morgan fingerprint density at radius 2 is 2.11 bits per heavy atom. The first-order valence-corrected chi connectivity index (χ1v) is 10.6. The van der Waals surface area contributed by atoms with E-state index in [1.54, 1.807) is 30.0 Å². The molecule has 0 radical (unpaired) electrons. The number of hydrogen-bond donors (Lipinski definition) is 0. The van der Waals surface area contributed by atoms with Crippen molar-refractivity contribution in [1.82, 2.24) is 4.57 Å². The SMILES string of the molecule is CSCCn1c(=NC(=O)c2cc3ccccc3o2)sc2cc([N+](=O)[O-])ccc21. The third-order valence-corrected chi connectivity index (χ3v) is 5.86. The highest BCUT2D eigenvalue weighted by Crippen LogP contribution is 2.24. The number of rotatable bonds is 5. The van der Waals surface area contributed by atoms with E-state index < -0.39 is 10.8 Å². The Morgan fingerprint density at radius 3 is 2.86 bits per heavy atom. The molecule has 4 aromatic rings. The molecule has 1 amide bonds. The number of nitrogens with zero attached hydrogens (tertiary/aromatic N) is 3. The quantitative estimate of drug-likeness (QED) is 0.356. The van der Waals surface area contributed by atoms with Crippen molar-refractivity contribution in [3.8, 4) is 0 Å². The number of aryl methyl sites for hydroxylation is 1. The van der Waals surface area contributed by atoms with Gasteiger partial charge in [-0.15, -0.1) is 0 Å². The molecule has 2 aromatic carbocycles. The predicted octanol–water partition coefficient (Wildman–Crippen LogP) is 4.46. The molecule has 28 heavy (non-hydrogen) atoms. The van der Waals surface area contributed by atoms with Crippen molar-refractivity contribution in [2.75, 3.05) is 12.0 Å². The topological polar surface area (TPSA) is 90.6 Å². The summed E-state index contributed by atoms with van der Waals surface area (Å²) in [5, 5.41) is 11.9. The summed E-state index contributed by atoms with van der Waals surface area (Å²) in [5.74, 6) is 0.519. The summed E-state index contributed by atoms with van der Waals surface area (Å²) in [5.41, 5.74) is 1.46.